The monoisotopic (exact) mass is 778 g/mol. The maximum absolute atomic E-state index is 12.5. The van der Waals surface area contributed by atoms with Crippen LogP contribution in [0.5, 0.6) is 11.5 Å². The number of hydrogen-bond acceptors (Lipinski definition) is 10. The van der Waals surface area contributed by atoms with E-state index in [-0.39, 0.29) is 63.7 Å². The Bertz CT molecular complexity index is 2230. The summed E-state index contributed by atoms with van der Waals surface area (Å²) in [6, 6.07) is 22.5. The van der Waals surface area contributed by atoms with E-state index in [1.165, 1.54) is 68.8 Å². The zero-order chi connectivity index (χ0) is 38.3. The summed E-state index contributed by atoms with van der Waals surface area (Å²) >= 11 is 0. The third kappa shape index (κ3) is 10.7. The lowest BCUT2D eigenvalue weighted by Crippen LogP contribution is -2.31. The maximum Gasteiger partial charge on any atom is 0.268 e. The molecule has 2 aliphatic rings. The topological polar surface area (TPSA) is 203 Å². The van der Waals surface area contributed by atoms with E-state index in [0.717, 1.165) is 31.2 Å². The van der Waals surface area contributed by atoms with E-state index in [1.807, 2.05) is 9.44 Å². The van der Waals surface area contributed by atoms with Crippen molar-refractivity contribution in [3.8, 4) is 11.5 Å². The molecule has 0 atom stereocenters. The number of rotatable bonds is 12. The van der Waals surface area contributed by atoms with Crippen molar-refractivity contribution in [2.45, 2.75) is 61.9 Å². The minimum atomic E-state index is -4.09. The van der Waals surface area contributed by atoms with Crippen LogP contribution in [-0.4, -0.2) is 66.8 Å². The Balaban J connectivity index is 0.000000236. The Morgan fingerprint density at radius 1 is 0.556 bits per heavy atom. The Morgan fingerprint density at radius 3 is 1.39 bits per heavy atom. The van der Waals surface area contributed by atoms with Gasteiger partial charge in [0.25, 0.3) is 43.7 Å². The number of ether oxygens (including phenoxy) is 2. The van der Waals surface area contributed by atoms with E-state index in [0.29, 0.717) is 11.1 Å². The number of para-hydroxylation sites is 1. The molecule has 0 aliphatic heterocycles. The van der Waals surface area contributed by atoms with E-state index in [1.54, 1.807) is 43.3 Å². The molecule has 286 valence electrons. The number of nitrogens with one attached hydrogen (secondary N) is 4. The van der Waals surface area contributed by atoms with Crippen LogP contribution in [0, 0.1) is 6.92 Å². The molecule has 2 saturated carbocycles. The Labute approximate surface area is 314 Å². The van der Waals surface area contributed by atoms with Crippen LogP contribution in [-0.2, 0) is 20.0 Å². The molecule has 2 aliphatic carbocycles. The molecule has 54 heavy (non-hydrogen) atoms. The van der Waals surface area contributed by atoms with Crippen LogP contribution in [0.15, 0.2) is 101 Å². The van der Waals surface area contributed by atoms with E-state index < -0.39 is 31.9 Å². The van der Waals surface area contributed by atoms with Crippen molar-refractivity contribution in [1.29, 1.82) is 0 Å². The Kier molecular flexibility index (Phi) is 13.2. The van der Waals surface area contributed by atoms with Crippen molar-refractivity contribution >= 4 is 43.7 Å². The predicted octanol–water partition coefficient (Wildman–Crippen LogP) is 4.36. The van der Waals surface area contributed by atoms with Gasteiger partial charge in [-0.2, -0.15) is 0 Å². The number of aryl methyl sites for hydroxylation is 1. The molecule has 0 radical (unpaired) electrons. The van der Waals surface area contributed by atoms with Crippen molar-refractivity contribution in [3.05, 3.63) is 119 Å². The van der Waals surface area contributed by atoms with Crippen LogP contribution in [0.3, 0.4) is 0 Å². The van der Waals surface area contributed by atoms with E-state index >= 15 is 0 Å². The number of amides is 4. The first kappa shape index (κ1) is 41.0. The first-order chi connectivity index (χ1) is 25.2. The minimum Gasteiger partial charge on any atom is -0.496 e. The second-order valence-electron chi connectivity index (χ2n) is 12.3. The van der Waals surface area contributed by atoms with Gasteiger partial charge in [-0.1, -0.05) is 31.2 Å². The smallest absolute Gasteiger partial charge is 0.268 e. The highest BCUT2D eigenvalue weighted by atomic mass is 32.2. The van der Waals surface area contributed by atoms with Crippen LogP contribution < -0.4 is 29.6 Å². The first-order valence-electron chi connectivity index (χ1n) is 16.4. The van der Waals surface area contributed by atoms with E-state index in [2.05, 4.69) is 10.6 Å². The molecule has 0 bridgehead atoms. The third-order valence-electron chi connectivity index (χ3n) is 8.08. The predicted molar refractivity (Wildman–Crippen MR) is 201 cm³/mol. The molecule has 0 heterocycles. The van der Waals surface area contributed by atoms with Gasteiger partial charge in [0.1, 0.15) is 11.5 Å². The van der Waals surface area contributed by atoms with Crippen LogP contribution in [0.25, 0.3) is 0 Å². The number of benzene rings is 4. The highest BCUT2D eigenvalue weighted by molar-refractivity contribution is 7.90. The number of carbonyl (C=O) groups excluding carboxylic acids is 4. The zero-order valence-corrected chi connectivity index (χ0v) is 30.7. The molecule has 14 nitrogen and oxygen atoms in total. The van der Waals surface area contributed by atoms with Crippen LogP contribution >= 0.6 is 0 Å². The molecular weight excluding hydrogens is 737 g/mol. The van der Waals surface area contributed by atoms with Crippen LogP contribution in [0.1, 0.15) is 80.1 Å². The summed E-state index contributed by atoms with van der Waals surface area (Å²) in [4.78, 5) is 48.4. The van der Waals surface area contributed by atoms with E-state index in [4.69, 9.17) is 9.47 Å². The van der Waals surface area contributed by atoms with Gasteiger partial charge in [0, 0.05) is 23.2 Å². The quantitative estimate of drug-likeness (QED) is 0.160. The first-order valence-corrected chi connectivity index (χ1v) is 19.4. The summed E-state index contributed by atoms with van der Waals surface area (Å²) in [6.45, 7) is 1.79. The second-order valence-corrected chi connectivity index (χ2v) is 15.7. The Hall–Kier alpha value is -5.74. The number of methoxy groups -OCH3 is 2. The molecule has 4 N–H and O–H groups in total. The fourth-order valence-electron chi connectivity index (χ4n) is 4.87. The van der Waals surface area contributed by atoms with Crippen molar-refractivity contribution < 1.29 is 45.5 Å². The standard InChI is InChI=1S/C19H20N2O5S.C18H18N2O5S.CH4/c1-12-3-10-17(26-2)16(11-12)19(23)21-27(24,25)15-8-4-13(5-9-15)18(22)20-14-6-7-14;1-25-16-5-3-2-4-15(16)18(22)20-26(23,24)14-10-6-12(7-11-14)17(21)19-13-8-9-13;/h3-5,8-11,14H,6-7H2,1-2H3,(H,20,22)(H,21,23);2-7,10-11,13H,8-9H2,1H3,(H,19,21)(H,20,22);1H4. The molecule has 4 amide bonds. The van der Waals surface area contributed by atoms with Crippen LogP contribution in [0.4, 0.5) is 0 Å². The zero-order valence-electron chi connectivity index (χ0n) is 29.0. The summed E-state index contributed by atoms with van der Waals surface area (Å²) in [6.07, 6.45) is 3.86. The summed E-state index contributed by atoms with van der Waals surface area (Å²) < 4.78 is 64.0. The lowest BCUT2D eigenvalue weighted by atomic mass is 10.1. The maximum atomic E-state index is 12.5. The molecule has 4 aromatic carbocycles. The third-order valence-corrected chi connectivity index (χ3v) is 10.8. The summed E-state index contributed by atoms with van der Waals surface area (Å²) in [7, 11) is -5.36. The molecule has 6 rings (SSSR count). The summed E-state index contributed by atoms with van der Waals surface area (Å²) in [5.41, 5.74) is 1.77. The van der Waals surface area contributed by atoms with Gasteiger partial charge in [-0.3, -0.25) is 19.2 Å². The molecule has 16 heteroatoms. The average Bonchev–Trinajstić information content (AvgIpc) is 4.10. The SMILES string of the molecule is C.COc1ccc(C)cc1C(=O)NS(=O)(=O)c1ccc(C(=O)NC2CC2)cc1.COc1ccccc1C(=O)NS(=O)(=O)c1ccc(C(=O)NC2CC2)cc1. The van der Waals surface area contributed by atoms with Gasteiger partial charge >= 0.3 is 0 Å². The highest BCUT2D eigenvalue weighted by Gasteiger charge is 2.26. The van der Waals surface area contributed by atoms with Crippen molar-refractivity contribution in [2.75, 3.05) is 14.2 Å². The van der Waals surface area contributed by atoms with Crippen molar-refractivity contribution in [3.63, 3.8) is 0 Å². The average molecular weight is 779 g/mol. The van der Waals surface area contributed by atoms with Gasteiger partial charge in [0.05, 0.1) is 35.1 Å². The highest BCUT2D eigenvalue weighted by Crippen LogP contribution is 2.23. The normalized spacial score (nSPS) is 13.5. The molecule has 4 aromatic rings. The Morgan fingerprint density at radius 2 is 0.963 bits per heavy atom. The molecule has 0 spiro atoms. The lowest BCUT2D eigenvalue weighted by molar-refractivity contribution is 0.0942. The van der Waals surface area contributed by atoms with Gasteiger partial charge in [0.15, 0.2) is 0 Å². The lowest BCUT2D eigenvalue weighted by Gasteiger charge is -2.11. The molecule has 2 fully saturated rings. The van der Waals surface area contributed by atoms with Crippen molar-refractivity contribution in [2.24, 2.45) is 0 Å². The van der Waals surface area contributed by atoms with Gasteiger partial charge in [-0.05, 0) is 105 Å². The molecular formula is C38H42N4O10S2. The summed E-state index contributed by atoms with van der Waals surface area (Å²) in [5, 5.41) is 5.65. The molecule has 0 aromatic heterocycles. The number of carbonyl (C=O) groups is 4. The second kappa shape index (κ2) is 17.4. The van der Waals surface area contributed by atoms with Gasteiger partial charge in [-0.25, -0.2) is 26.3 Å². The minimum absolute atomic E-state index is 0. The molecule has 0 unspecified atom stereocenters. The largest absolute Gasteiger partial charge is 0.496 e. The van der Waals surface area contributed by atoms with Gasteiger partial charge in [-0.15, -0.1) is 0 Å². The van der Waals surface area contributed by atoms with Crippen LogP contribution in [0.2, 0.25) is 0 Å². The fourth-order valence-corrected chi connectivity index (χ4v) is 6.80. The fraction of sp³-hybridized carbons (Fsp3) is 0.263. The molecule has 0 saturated heterocycles. The number of sulfonamides is 2. The van der Waals surface area contributed by atoms with E-state index in [9.17, 15) is 36.0 Å². The number of hydrogen-bond donors (Lipinski definition) is 4. The van der Waals surface area contributed by atoms with Gasteiger partial charge < -0.3 is 20.1 Å². The van der Waals surface area contributed by atoms with Crippen molar-refractivity contribution in [1.82, 2.24) is 20.1 Å². The summed E-state index contributed by atoms with van der Waals surface area (Å²) in [5.74, 6) is -1.51. The van der Waals surface area contributed by atoms with Gasteiger partial charge in [0.2, 0.25) is 0 Å².